The Balaban J connectivity index is 1.89. The van der Waals surface area contributed by atoms with E-state index in [1.54, 1.807) is 11.0 Å². The van der Waals surface area contributed by atoms with E-state index in [0.717, 1.165) is 24.2 Å². The minimum Gasteiger partial charge on any atom is -0.286 e. The molecule has 0 aliphatic carbocycles. The third kappa shape index (κ3) is 4.60. The molecular weight excluding hydrogens is 373 g/mol. The largest absolute Gasteiger partial charge is 0.416 e. The monoisotopic (exact) mass is 390 g/mol. The summed E-state index contributed by atoms with van der Waals surface area (Å²) in [5.41, 5.74) is 0.565. The van der Waals surface area contributed by atoms with E-state index in [4.69, 9.17) is 0 Å². The van der Waals surface area contributed by atoms with Crippen molar-refractivity contribution >= 4 is 34.6 Å². The molecule has 0 bridgehead atoms. The number of amidine groups is 1. The zero-order valence-electron chi connectivity index (χ0n) is 14.5. The van der Waals surface area contributed by atoms with Gasteiger partial charge in [0.05, 0.1) is 16.2 Å². The van der Waals surface area contributed by atoms with Crippen LogP contribution in [0.15, 0.2) is 64.5 Å². The van der Waals surface area contributed by atoms with Crippen molar-refractivity contribution < 1.29 is 18.0 Å². The third-order valence-corrected chi connectivity index (χ3v) is 4.86. The molecular formula is C20H17F3N2OS. The van der Waals surface area contributed by atoms with Gasteiger partial charge in [0.15, 0.2) is 5.17 Å². The van der Waals surface area contributed by atoms with Crippen LogP contribution in [0.2, 0.25) is 0 Å². The van der Waals surface area contributed by atoms with E-state index in [9.17, 15) is 18.0 Å². The predicted molar refractivity (Wildman–Crippen MR) is 103 cm³/mol. The van der Waals surface area contributed by atoms with Gasteiger partial charge < -0.3 is 0 Å². The van der Waals surface area contributed by atoms with Crippen LogP contribution in [0.5, 0.6) is 0 Å². The number of para-hydroxylation sites is 1. The summed E-state index contributed by atoms with van der Waals surface area (Å²) in [4.78, 5) is 19.3. The van der Waals surface area contributed by atoms with Crippen molar-refractivity contribution in [2.24, 2.45) is 4.99 Å². The number of carbonyl (C=O) groups excluding carboxylic acids is 1. The minimum absolute atomic E-state index is 0.184. The zero-order valence-corrected chi connectivity index (χ0v) is 15.3. The second-order valence-corrected chi connectivity index (χ2v) is 6.93. The second kappa shape index (κ2) is 8.00. The fraction of sp³-hybridized carbons (Fsp3) is 0.200. The Bertz CT molecular complexity index is 874. The molecule has 0 aromatic heterocycles. The number of amides is 1. The Morgan fingerprint density at radius 1 is 1.07 bits per heavy atom. The van der Waals surface area contributed by atoms with Crippen molar-refractivity contribution in [1.29, 1.82) is 0 Å². The summed E-state index contributed by atoms with van der Waals surface area (Å²) in [5, 5.41) is 0.575. The number of benzene rings is 2. The molecule has 3 rings (SSSR count). The SMILES string of the molecule is CCCN1C(=O)/C(=C/c2ccc(C(F)(F)F)cc2)SC1=Nc1ccccc1. The molecule has 1 aliphatic rings. The number of thioether (sulfide) groups is 1. The van der Waals surface area contributed by atoms with Crippen LogP contribution in [-0.2, 0) is 11.0 Å². The van der Waals surface area contributed by atoms with Crippen LogP contribution >= 0.6 is 11.8 Å². The van der Waals surface area contributed by atoms with Crippen molar-refractivity contribution in [3.63, 3.8) is 0 Å². The van der Waals surface area contributed by atoms with Crippen LogP contribution < -0.4 is 0 Å². The fourth-order valence-corrected chi connectivity index (χ4v) is 3.57. The molecule has 1 amide bonds. The highest BCUT2D eigenvalue weighted by Crippen LogP contribution is 2.35. The predicted octanol–water partition coefficient (Wildman–Crippen LogP) is 5.72. The molecule has 0 spiro atoms. The molecule has 0 saturated carbocycles. The highest BCUT2D eigenvalue weighted by molar-refractivity contribution is 8.18. The normalized spacial score (nSPS) is 17.9. The highest BCUT2D eigenvalue weighted by Gasteiger charge is 2.33. The number of hydrogen-bond donors (Lipinski definition) is 0. The number of nitrogens with zero attached hydrogens (tertiary/aromatic N) is 2. The second-order valence-electron chi connectivity index (χ2n) is 5.92. The average molecular weight is 390 g/mol. The van der Waals surface area contributed by atoms with E-state index in [0.29, 0.717) is 22.2 Å². The van der Waals surface area contributed by atoms with Gasteiger partial charge in [-0.2, -0.15) is 13.2 Å². The van der Waals surface area contributed by atoms with Crippen molar-refractivity contribution in [3.05, 3.63) is 70.6 Å². The average Bonchev–Trinajstić information content (AvgIpc) is 2.91. The van der Waals surface area contributed by atoms with Gasteiger partial charge >= 0.3 is 6.18 Å². The molecule has 140 valence electrons. The first-order valence-corrected chi connectivity index (χ1v) is 9.22. The highest BCUT2D eigenvalue weighted by atomic mass is 32.2. The van der Waals surface area contributed by atoms with E-state index in [1.807, 2.05) is 37.3 Å². The summed E-state index contributed by atoms with van der Waals surface area (Å²) in [7, 11) is 0. The smallest absolute Gasteiger partial charge is 0.286 e. The Morgan fingerprint density at radius 3 is 2.33 bits per heavy atom. The first-order chi connectivity index (χ1) is 12.9. The van der Waals surface area contributed by atoms with Crippen LogP contribution in [0.25, 0.3) is 6.08 Å². The Morgan fingerprint density at radius 2 is 1.74 bits per heavy atom. The maximum Gasteiger partial charge on any atom is 0.416 e. The molecule has 2 aromatic carbocycles. The lowest BCUT2D eigenvalue weighted by atomic mass is 10.1. The van der Waals surface area contributed by atoms with Gasteiger partial charge in [-0.15, -0.1) is 0 Å². The lowest BCUT2D eigenvalue weighted by molar-refractivity contribution is -0.137. The van der Waals surface area contributed by atoms with Gasteiger partial charge in [-0.05, 0) is 54.1 Å². The lowest BCUT2D eigenvalue weighted by Gasteiger charge is -2.13. The summed E-state index contributed by atoms with van der Waals surface area (Å²) in [6.07, 6.45) is -2.01. The summed E-state index contributed by atoms with van der Waals surface area (Å²) in [5.74, 6) is -0.184. The standard InChI is InChI=1S/C20H17F3N2OS/c1-2-12-25-18(26)17(27-19(25)24-16-6-4-3-5-7-16)13-14-8-10-15(11-9-14)20(21,22)23/h3-11,13H,2,12H2,1H3/b17-13-,24-19?. The van der Waals surface area contributed by atoms with E-state index >= 15 is 0 Å². The summed E-state index contributed by atoms with van der Waals surface area (Å²) in [6, 6.07) is 14.1. The van der Waals surface area contributed by atoms with Crippen molar-refractivity contribution in [2.45, 2.75) is 19.5 Å². The van der Waals surface area contributed by atoms with Gasteiger partial charge in [0.25, 0.3) is 5.91 Å². The molecule has 1 fully saturated rings. The lowest BCUT2D eigenvalue weighted by Crippen LogP contribution is -2.29. The van der Waals surface area contributed by atoms with Gasteiger partial charge in [0.1, 0.15) is 0 Å². The number of rotatable bonds is 4. The van der Waals surface area contributed by atoms with Gasteiger partial charge in [0, 0.05) is 6.54 Å². The van der Waals surface area contributed by atoms with Crippen LogP contribution in [0.4, 0.5) is 18.9 Å². The number of hydrogen-bond acceptors (Lipinski definition) is 3. The van der Waals surface area contributed by atoms with E-state index < -0.39 is 11.7 Å². The molecule has 0 radical (unpaired) electrons. The van der Waals surface area contributed by atoms with Crippen LogP contribution in [0.1, 0.15) is 24.5 Å². The van der Waals surface area contributed by atoms with Crippen LogP contribution in [0.3, 0.4) is 0 Å². The molecule has 0 atom stereocenters. The summed E-state index contributed by atoms with van der Waals surface area (Å²) < 4.78 is 38.1. The Hall–Kier alpha value is -2.54. The van der Waals surface area contributed by atoms with Crippen LogP contribution in [-0.4, -0.2) is 22.5 Å². The van der Waals surface area contributed by atoms with Crippen molar-refractivity contribution in [3.8, 4) is 0 Å². The topological polar surface area (TPSA) is 32.7 Å². The molecule has 0 unspecified atom stereocenters. The number of alkyl halides is 3. The Kier molecular flexibility index (Phi) is 5.70. The minimum atomic E-state index is -4.38. The zero-order chi connectivity index (χ0) is 19.4. The molecule has 2 aromatic rings. The van der Waals surface area contributed by atoms with Crippen LogP contribution in [0, 0.1) is 0 Å². The molecule has 1 aliphatic heterocycles. The van der Waals surface area contributed by atoms with Gasteiger partial charge in [-0.1, -0.05) is 37.3 Å². The molecule has 7 heteroatoms. The third-order valence-electron chi connectivity index (χ3n) is 3.85. The van der Waals surface area contributed by atoms with E-state index in [-0.39, 0.29) is 5.91 Å². The fourth-order valence-electron chi connectivity index (χ4n) is 2.54. The van der Waals surface area contributed by atoms with Crippen molar-refractivity contribution in [2.75, 3.05) is 6.54 Å². The summed E-state index contributed by atoms with van der Waals surface area (Å²) in [6.45, 7) is 2.50. The van der Waals surface area contributed by atoms with E-state index in [1.165, 1.54) is 23.9 Å². The molecule has 1 heterocycles. The first kappa shape index (κ1) is 19.2. The molecule has 0 N–H and O–H groups in total. The van der Waals surface area contributed by atoms with Crippen molar-refractivity contribution in [1.82, 2.24) is 4.90 Å². The maximum absolute atomic E-state index is 12.7. The number of aliphatic imine (C=N–C) groups is 1. The maximum atomic E-state index is 12.7. The molecule has 3 nitrogen and oxygen atoms in total. The van der Waals surface area contributed by atoms with Gasteiger partial charge in [0.2, 0.25) is 0 Å². The summed E-state index contributed by atoms with van der Waals surface area (Å²) >= 11 is 1.23. The number of carbonyl (C=O) groups is 1. The first-order valence-electron chi connectivity index (χ1n) is 8.41. The van der Waals surface area contributed by atoms with Gasteiger partial charge in [-0.3, -0.25) is 9.69 Å². The quantitative estimate of drug-likeness (QED) is 0.626. The number of halogens is 3. The Labute approximate surface area is 159 Å². The van der Waals surface area contributed by atoms with E-state index in [2.05, 4.69) is 4.99 Å². The van der Waals surface area contributed by atoms with Gasteiger partial charge in [-0.25, -0.2) is 4.99 Å². The molecule has 1 saturated heterocycles. The molecule has 27 heavy (non-hydrogen) atoms.